The SMILES string of the molecule is OCCN1CC(CC(O)C2CC2)CC(NCC(F)F)C1. The van der Waals surface area contributed by atoms with Gasteiger partial charge in [0, 0.05) is 25.7 Å². The average molecular weight is 292 g/mol. The minimum absolute atomic E-state index is 0.0284. The zero-order chi connectivity index (χ0) is 14.5. The van der Waals surface area contributed by atoms with E-state index >= 15 is 0 Å². The number of hydrogen-bond donors (Lipinski definition) is 3. The number of aliphatic hydroxyl groups is 2. The first-order chi connectivity index (χ1) is 9.58. The van der Waals surface area contributed by atoms with E-state index in [9.17, 15) is 13.9 Å². The number of β-amino-alcohol motifs (C(OH)–C–C–N with tert-alkyl or cyclic N) is 1. The Hall–Kier alpha value is -0.300. The van der Waals surface area contributed by atoms with E-state index in [1.54, 1.807) is 0 Å². The number of nitrogens with zero attached hydrogens (tertiary/aromatic N) is 1. The third kappa shape index (κ3) is 5.24. The van der Waals surface area contributed by atoms with E-state index < -0.39 is 6.43 Å². The molecule has 3 N–H and O–H groups in total. The molecule has 0 aromatic heterocycles. The molecule has 3 unspecified atom stereocenters. The maximum atomic E-state index is 12.3. The number of likely N-dealkylation sites (tertiary alicyclic amines) is 1. The lowest BCUT2D eigenvalue weighted by Gasteiger charge is -2.38. The highest BCUT2D eigenvalue weighted by molar-refractivity contribution is 4.88. The maximum absolute atomic E-state index is 12.3. The molecule has 0 bridgehead atoms. The van der Waals surface area contributed by atoms with Gasteiger partial charge in [-0.15, -0.1) is 0 Å². The zero-order valence-electron chi connectivity index (χ0n) is 11.8. The second-order valence-corrected chi connectivity index (χ2v) is 6.22. The molecule has 1 saturated heterocycles. The predicted octanol–water partition coefficient (Wildman–Crippen LogP) is 0.685. The monoisotopic (exact) mass is 292 g/mol. The van der Waals surface area contributed by atoms with Crippen molar-refractivity contribution in [3.05, 3.63) is 0 Å². The molecular formula is C14H26F2N2O2. The van der Waals surface area contributed by atoms with Gasteiger partial charge in [0.1, 0.15) is 0 Å². The number of nitrogens with one attached hydrogen (secondary N) is 1. The minimum atomic E-state index is -2.33. The van der Waals surface area contributed by atoms with Gasteiger partial charge in [-0.3, -0.25) is 4.90 Å². The Morgan fingerprint density at radius 3 is 2.60 bits per heavy atom. The number of halogens is 2. The van der Waals surface area contributed by atoms with E-state index in [1.165, 1.54) is 0 Å². The highest BCUT2D eigenvalue weighted by Gasteiger charge is 2.34. The number of rotatable bonds is 8. The number of alkyl halides is 2. The summed E-state index contributed by atoms with van der Waals surface area (Å²) in [6, 6.07) is 0.0284. The van der Waals surface area contributed by atoms with Crippen LogP contribution in [0.4, 0.5) is 8.78 Å². The Kier molecular flexibility index (Phi) is 6.14. The van der Waals surface area contributed by atoms with Crippen molar-refractivity contribution in [2.75, 3.05) is 32.8 Å². The van der Waals surface area contributed by atoms with Crippen molar-refractivity contribution in [1.82, 2.24) is 10.2 Å². The van der Waals surface area contributed by atoms with Crippen molar-refractivity contribution in [1.29, 1.82) is 0 Å². The lowest BCUT2D eigenvalue weighted by molar-refractivity contribution is 0.0615. The summed E-state index contributed by atoms with van der Waals surface area (Å²) in [4.78, 5) is 2.11. The number of aliphatic hydroxyl groups excluding tert-OH is 2. The molecule has 2 rings (SSSR count). The molecule has 20 heavy (non-hydrogen) atoms. The van der Waals surface area contributed by atoms with Gasteiger partial charge in [0.05, 0.1) is 19.3 Å². The quantitative estimate of drug-likeness (QED) is 0.616. The molecule has 0 radical (unpaired) electrons. The summed E-state index contributed by atoms with van der Waals surface area (Å²) in [7, 11) is 0. The molecule has 4 nitrogen and oxygen atoms in total. The van der Waals surface area contributed by atoms with Crippen LogP contribution in [0.1, 0.15) is 25.7 Å². The first-order valence-electron chi connectivity index (χ1n) is 7.61. The number of piperidine rings is 1. The summed E-state index contributed by atoms with van der Waals surface area (Å²) in [6.07, 6.45) is 1.23. The number of hydrogen-bond acceptors (Lipinski definition) is 4. The highest BCUT2D eigenvalue weighted by atomic mass is 19.3. The van der Waals surface area contributed by atoms with Crippen molar-refractivity contribution in [2.45, 2.75) is 44.3 Å². The van der Waals surface area contributed by atoms with Crippen LogP contribution in [-0.4, -0.2) is 66.5 Å². The molecule has 6 heteroatoms. The van der Waals surface area contributed by atoms with E-state index in [2.05, 4.69) is 10.2 Å². The van der Waals surface area contributed by atoms with Crippen LogP contribution in [0.25, 0.3) is 0 Å². The topological polar surface area (TPSA) is 55.7 Å². The normalized spacial score (nSPS) is 29.9. The molecule has 1 heterocycles. The van der Waals surface area contributed by atoms with Gasteiger partial charge in [-0.25, -0.2) is 8.78 Å². The van der Waals surface area contributed by atoms with Crippen molar-refractivity contribution in [3.63, 3.8) is 0 Å². The summed E-state index contributed by atoms with van der Waals surface area (Å²) in [5, 5.41) is 22.0. The van der Waals surface area contributed by atoms with Crippen LogP contribution >= 0.6 is 0 Å². The second kappa shape index (κ2) is 7.64. The highest BCUT2D eigenvalue weighted by Crippen LogP contribution is 2.36. The summed E-state index contributed by atoms with van der Waals surface area (Å²) < 4.78 is 24.6. The molecule has 118 valence electrons. The Morgan fingerprint density at radius 1 is 1.25 bits per heavy atom. The van der Waals surface area contributed by atoms with Gasteiger partial charge >= 0.3 is 0 Å². The van der Waals surface area contributed by atoms with Gasteiger partial charge in [-0.05, 0) is 37.5 Å². The van der Waals surface area contributed by atoms with Crippen LogP contribution < -0.4 is 5.32 Å². The van der Waals surface area contributed by atoms with E-state index in [1.807, 2.05) is 0 Å². The van der Waals surface area contributed by atoms with Gasteiger partial charge in [-0.2, -0.15) is 0 Å². The minimum Gasteiger partial charge on any atom is -0.395 e. The van der Waals surface area contributed by atoms with Crippen LogP contribution in [0.3, 0.4) is 0 Å². The zero-order valence-corrected chi connectivity index (χ0v) is 11.8. The van der Waals surface area contributed by atoms with Crippen LogP contribution in [0.5, 0.6) is 0 Å². The Morgan fingerprint density at radius 2 is 2.00 bits per heavy atom. The molecule has 0 aromatic carbocycles. The van der Waals surface area contributed by atoms with E-state index in [0.29, 0.717) is 24.9 Å². The van der Waals surface area contributed by atoms with Crippen molar-refractivity contribution < 1.29 is 19.0 Å². The van der Waals surface area contributed by atoms with E-state index in [-0.39, 0.29) is 25.3 Å². The lowest BCUT2D eigenvalue weighted by Crippen LogP contribution is -2.51. The molecule has 1 saturated carbocycles. The van der Waals surface area contributed by atoms with Crippen LogP contribution in [0.2, 0.25) is 0 Å². The van der Waals surface area contributed by atoms with Crippen LogP contribution in [-0.2, 0) is 0 Å². The summed E-state index contributed by atoms with van der Waals surface area (Å²) in [5.41, 5.74) is 0. The molecule has 2 fully saturated rings. The van der Waals surface area contributed by atoms with E-state index in [0.717, 1.165) is 32.2 Å². The van der Waals surface area contributed by atoms with Gasteiger partial charge in [-0.1, -0.05) is 0 Å². The van der Waals surface area contributed by atoms with Crippen molar-refractivity contribution in [3.8, 4) is 0 Å². The standard InChI is InChI=1S/C14H26F2N2O2/c15-14(16)7-17-12-5-10(6-13(20)11-1-2-11)8-18(9-12)3-4-19/h10-14,17,19-20H,1-9H2. The largest absolute Gasteiger partial charge is 0.395 e. The van der Waals surface area contributed by atoms with Crippen molar-refractivity contribution >= 4 is 0 Å². The third-order valence-electron chi connectivity index (χ3n) is 4.33. The molecule has 0 amide bonds. The molecular weight excluding hydrogens is 266 g/mol. The Labute approximate surface area is 119 Å². The molecule has 0 aromatic rings. The first-order valence-corrected chi connectivity index (χ1v) is 7.61. The molecule has 1 aliphatic heterocycles. The van der Waals surface area contributed by atoms with Gasteiger partial charge in [0.15, 0.2) is 0 Å². The van der Waals surface area contributed by atoms with Gasteiger partial charge in [0.25, 0.3) is 6.43 Å². The second-order valence-electron chi connectivity index (χ2n) is 6.22. The van der Waals surface area contributed by atoms with Crippen LogP contribution in [0.15, 0.2) is 0 Å². The summed E-state index contributed by atoms with van der Waals surface area (Å²) >= 11 is 0. The van der Waals surface area contributed by atoms with Crippen molar-refractivity contribution in [2.24, 2.45) is 11.8 Å². The third-order valence-corrected chi connectivity index (χ3v) is 4.33. The van der Waals surface area contributed by atoms with Crippen LogP contribution in [0, 0.1) is 11.8 Å². The maximum Gasteiger partial charge on any atom is 0.250 e. The molecule has 1 aliphatic carbocycles. The molecule has 3 atom stereocenters. The van der Waals surface area contributed by atoms with Gasteiger partial charge in [0.2, 0.25) is 0 Å². The predicted molar refractivity (Wildman–Crippen MR) is 72.8 cm³/mol. The Bertz CT molecular complexity index is 290. The summed E-state index contributed by atoms with van der Waals surface area (Å²) in [5.74, 6) is 0.775. The fraction of sp³-hybridized carbons (Fsp3) is 1.00. The van der Waals surface area contributed by atoms with Gasteiger partial charge < -0.3 is 15.5 Å². The lowest BCUT2D eigenvalue weighted by atomic mass is 9.88. The first kappa shape index (κ1) is 16.1. The summed E-state index contributed by atoms with van der Waals surface area (Å²) in [6.45, 7) is 1.92. The fourth-order valence-electron chi connectivity index (χ4n) is 3.22. The molecule has 2 aliphatic rings. The smallest absolute Gasteiger partial charge is 0.250 e. The Balaban J connectivity index is 1.82. The average Bonchev–Trinajstić information content (AvgIpc) is 3.20. The fourth-order valence-corrected chi connectivity index (χ4v) is 3.22. The molecule has 0 spiro atoms. The van der Waals surface area contributed by atoms with E-state index in [4.69, 9.17) is 5.11 Å².